The van der Waals surface area contributed by atoms with Crippen molar-refractivity contribution in [2.75, 3.05) is 26.7 Å². The molecule has 1 aromatic carbocycles. The third kappa shape index (κ3) is 6.70. The number of hydrogen-bond donors (Lipinski definition) is 0. The highest BCUT2D eigenvalue weighted by molar-refractivity contribution is 5.94. The van der Waals surface area contributed by atoms with Crippen molar-refractivity contribution in [3.8, 4) is 5.75 Å². The van der Waals surface area contributed by atoms with Gasteiger partial charge in [-0.05, 0) is 63.8 Å². The first-order valence-corrected chi connectivity index (χ1v) is 10.9. The average molecular weight is 445 g/mol. The van der Waals surface area contributed by atoms with Crippen molar-refractivity contribution in [1.29, 1.82) is 0 Å². The molecule has 3 rings (SSSR count). The van der Waals surface area contributed by atoms with E-state index in [0.29, 0.717) is 42.7 Å². The molecule has 0 spiro atoms. The average Bonchev–Trinajstić information content (AvgIpc) is 3.16. The molecule has 1 atom stereocenters. The highest BCUT2D eigenvalue weighted by Crippen LogP contribution is 2.22. The topological polar surface area (TPSA) is 98.0 Å². The lowest BCUT2D eigenvalue weighted by molar-refractivity contribution is 0.0244. The Hall–Kier alpha value is -3.10. The van der Waals surface area contributed by atoms with E-state index >= 15 is 0 Å². The summed E-state index contributed by atoms with van der Waals surface area (Å²) in [5.74, 6) is 1.78. The summed E-state index contributed by atoms with van der Waals surface area (Å²) in [5.41, 5.74) is 0.0780. The van der Waals surface area contributed by atoms with Gasteiger partial charge in [0.2, 0.25) is 11.7 Å². The molecule has 1 unspecified atom stereocenters. The van der Waals surface area contributed by atoms with Gasteiger partial charge in [-0.3, -0.25) is 4.79 Å². The van der Waals surface area contributed by atoms with Crippen LogP contribution in [-0.2, 0) is 11.3 Å². The van der Waals surface area contributed by atoms with E-state index in [4.69, 9.17) is 14.0 Å². The maximum atomic E-state index is 13.0. The van der Waals surface area contributed by atoms with Gasteiger partial charge in [0.05, 0.1) is 0 Å². The summed E-state index contributed by atoms with van der Waals surface area (Å²) in [4.78, 5) is 32.8. The van der Waals surface area contributed by atoms with E-state index in [-0.39, 0.29) is 24.5 Å². The second-order valence-corrected chi connectivity index (χ2v) is 9.16. The molecule has 1 aromatic heterocycles. The van der Waals surface area contributed by atoms with E-state index in [1.165, 1.54) is 0 Å². The second kappa shape index (κ2) is 10.0. The van der Waals surface area contributed by atoms with Gasteiger partial charge in [0, 0.05) is 39.2 Å². The largest absolute Gasteiger partial charge is 0.485 e. The van der Waals surface area contributed by atoms with Crippen LogP contribution < -0.4 is 4.74 Å². The van der Waals surface area contributed by atoms with Crippen molar-refractivity contribution in [3.05, 3.63) is 41.5 Å². The Kier molecular flexibility index (Phi) is 7.37. The third-order valence-electron chi connectivity index (χ3n) is 5.08. The van der Waals surface area contributed by atoms with Crippen LogP contribution in [0.25, 0.3) is 0 Å². The smallest absolute Gasteiger partial charge is 0.410 e. The summed E-state index contributed by atoms with van der Waals surface area (Å²) in [7, 11) is 1.74. The molecular weight excluding hydrogens is 412 g/mol. The third-order valence-corrected chi connectivity index (χ3v) is 5.08. The van der Waals surface area contributed by atoms with Gasteiger partial charge in [-0.2, -0.15) is 4.98 Å². The lowest BCUT2D eigenvalue weighted by Gasteiger charge is -2.35. The summed E-state index contributed by atoms with van der Waals surface area (Å²) in [6.45, 7) is 9.34. The molecule has 0 saturated carbocycles. The van der Waals surface area contributed by atoms with Gasteiger partial charge in [-0.15, -0.1) is 0 Å². The quantitative estimate of drug-likeness (QED) is 0.670. The van der Waals surface area contributed by atoms with E-state index < -0.39 is 5.60 Å². The number of nitrogens with zero attached hydrogens (tertiary/aromatic N) is 4. The molecule has 1 fully saturated rings. The molecule has 0 aliphatic carbocycles. The number of ether oxygens (including phenoxy) is 2. The number of likely N-dealkylation sites (tertiary alicyclic amines) is 1. The van der Waals surface area contributed by atoms with Gasteiger partial charge < -0.3 is 23.8 Å². The van der Waals surface area contributed by atoms with Gasteiger partial charge in [0.15, 0.2) is 6.61 Å². The minimum Gasteiger partial charge on any atom is -0.485 e. The fraction of sp³-hybridized carbons (Fsp3) is 0.565. The van der Waals surface area contributed by atoms with Crippen LogP contribution in [0.3, 0.4) is 0 Å². The molecule has 0 N–H and O–H groups in total. The van der Waals surface area contributed by atoms with Crippen LogP contribution in [0.1, 0.15) is 55.7 Å². The molecule has 9 heteroatoms. The standard InChI is InChI=1S/C23H32N4O5/c1-16-24-20(25-32-16)15-30-19-10-8-18(9-11-19)21(28)27-12-6-7-17(14-27)13-26(5)22(29)31-23(2,3)4/h8-11,17H,6-7,12-15H2,1-5H3. The molecule has 1 aliphatic rings. The number of benzene rings is 1. The Labute approximate surface area is 188 Å². The molecule has 9 nitrogen and oxygen atoms in total. The molecule has 0 bridgehead atoms. The van der Waals surface area contributed by atoms with Crippen LogP contribution in [0.2, 0.25) is 0 Å². The van der Waals surface area contributed by atoms with Crippen LogP contribution >= 0.6 is 0 Å². The lowest BCUT2D eigenvalue weighted by atomic mass is 9.97. The summed E-state index contributed by atoms with van der Waals surface area (Å²) >= 11 is 0. The number of amides is 2. The Morgan fingerprint density at radius 3 is 2.59 bits per heavy atom. The molecule has 2 heterocycles. The van der Waals surface area contributed by atoms with Crippen LogP contribution in [0, 0.1) is 12.8 Å². The van der Waals surface area contributed by atoms with E-state index in [1.54, 1.807) is 43.1 Å². The van der Waals surface area contributed by atoms with Crippen molar-refractivity contribution in [3.63, 3.8) is 0 Å². The summed E-state index contributed by atoms with van der Waals surface area (Å²) < 4.78 is 16.0. The van der Waals surface area contributed by atoms with Crippen molar-refractivity contribution >= 4 is 12.0 Å². The Bertz CT molecular complexity index is 919. The summed E-state index contributed by atoms with van der Waals surface area (Å²) in [6, 6.07) is 7.04. The molecule has 0 radical (unpaired) electrons. The van der Waals surface area contributed by atoms with Crippen LogP contribution in [-0.4, -0.2) is 64.2 Å². The SMILES string of the molecule is Cc1nc(COc2ccc(C(=O)N3CCCC(CN(C)C(=O)OC(C)(C)C)C3)cc2)no1. The normalized spacial score (nSPS) is 16.5. The predicted molar refractivity (Wildman–Crippen MR) is 117 cm³/mol. The summed E-state index contributed by atoms with van der Waals surface area (Å²) in [6.07, 6.45) is 1.54. The molecule has 2 aromatic rings. The molecule has 2 amide bonds. The minimum atomic E-state index is -0.528. The van der Waals surface area contributed by atoms with Crippen molar-refractivity contribution in [2.45, 2.75) is 52.7 Å². The number of aryl methyl sites for hydroxylation is 1. The van der Waals surface area contributed by atoms with E-state index in [9.17, 15) is 9.59 Å². The number of rotatable bonds is 6. The van der Waals surface area contributed by atoms with Crippen molar-refractivity contribution in [1.82, 2.24) is 19.9 Å². The fourth-order valence-electron chi connectivity index (χ4n) is 3.62. The number of piperidine rings is 1. The molecule has 1 aliphatic heterocycles. The van der Waals surface area contributed by atoms with E-state index in [0.717, 1.165) is 12.8 Å². The van der Waals surface area contributed by atoms with Gasteiger partial charge >= 0.3 is 6.09 Å². The van der Waals surface area contributed by atoms with Crippen LogP contribution in [0.5, 0.6) is 5.75 Å². The first-order valence-electron chi connectivity index (χ1n) is 10.9. The molecule has 32 heavy (non-hydrogen) atoms. The highest BCUT2D eigenvalue weighted by atomic mass is 16.6. The van der Waals surface area contributed by atoms with Gasteiger partial charge in [-0.25, -0.2) is 4.79 Å². The first-order chi connectivity index (χ1) is 15.1. The Morgan fingerprint density at radius 2 is 1.97 bits per heavy atom. The number of aromatic nitrogens is 2. The maximum absolute atomic E-state index is 13.0. The fourth-order valence-corrected chi connectivity index (χ4v) is 3.62. The zero-order chi connectivity index (χ0) is 23.3. The van der Waals surface area contributed by atoms with E-state index in [1.807, 2.05) is 25.7 Å². The monoisotopic (exact) mass is 444 g/mol. The summed E-state index contributed by atoms with van der Waals surface area (Å²) in [5, 5.41) is 3.79. The van der Waals surface area contributed by atoms with Crippen molar-refractivity contribution in [2.24, 2.45) is 5.92 Å². The number of carbonyl (C=O) groups is 2. The Morgan fingerprint density at radius 1 is 1.25 bits per heavy atom. The molecule has 174 valence electrons. The number of carbonyl (C=O) groups excluding carboxylic acids is 2. The number of hydrogen-bond acceptors (Lipinski definition) is 7. The zero-order valence-corrected chi connectivity index (χ0v) is 19.5. The maximum Gasteiger partial charge on any atom is 0.410 e. The van der Waals surface area contributed by atoms with Gasteiger partial charge in [0.1, 0.15) is 11.4 Å². The second-order valence-electron chi connectivity index (χ2n) is 9.16. The van der Waals surface area contributed by atoms with Crippen molar-refractivity contribution < 1.29 is 23.6 Å². The van der Waals surface area contributed by atoms with Gasteiger partial charge in [0.25, 0.3) is 5.91 Å². The highest BCUT2D eigenvalue weighted by Gasteiger charge is 2.28. The first kappa shape index (κ1) is 23.6. The van der Waals surface area contributed by atoms with E-state index in [2.05, 4.69) is 10.1 Å². The predicted octanol–water partition coefficient (Wildman–Crippen LogP) is 3.68. The zero-order valence-electron chi connectivity index (χ0n) is 19.5. The van der Waals surface area contributed by atoms with Crippen LogP contribution in [0.15, 0.2) is 28.8 Å². The Balaban J connectivity index is 1.52. The molecular formula is C23H32N4O5. The van der Waals surface area contributed by atoms with Gasteiger partial charge in [-0.1, -0.05) is 5.16 Å². The minimum absolute atomic E-state index is 0.0186. The molecule has 1 saturated heterocycles. The van der Waals surface area contributed by atoms with Crippen LogP contribution in [0.4, 0.5) is 4.79 Å². The lowest BCUT2D eigenvalue weighted by Crippen LogP contribution is -2.45.